The maximum atomic E-state index is 12.6. The second kappa shape index (κ2) is 6.25. The van der Waals surface area contributed by atoms with Crippen LogP contribution in [-0.2, 0) is 9.84 Å². The Morgan fingerprint density at radius 2 is 2.00 bits per heavy atom. The average molecular weight is 363 g/mol. The van der Waals surface area contributed by atoms with E-state index in [0.29, 0.717) is 36.8 Å². The van der Waals surface area contributed by atoms with Crippen LogP contribution in [0.25, 0.3) is 10.9 Å². The Labute approximate surface area is 146 Å². The van der Waals surface area contributed by atoms with Gasteiger partial charge in [-0.2, -0.15) is 0 Å². The number of hydrogen-bond donors (Lipinski definition) is 0. The molecular weight excluding hydrogens is 342 g/mol. The molecule has 1 saturated heterocycles. The lowest BCUT2D eigenvalue weighted by Gasteiger charge is -2.42. The highest BCUT2D eigenvalue weighted by Gasteiger charge is 2.45. The number of aromatic nitrogens is 1. The molecule has 0 N–H and O–H groups in total. The van der Waals surface area contributed by atoms with Gasteiger partial charge in [-0.1, -0.05) is 13.8 Å². The summed E-state index contributed by atoms with van der Waals surface area (Å²) in [7, 11) is -3.17. The molecule has 0 atom stereocenters. The van der Waals surface area contributed by atoms with E-state index in [2.05, 4.69) is 4.98 Å². The van der Waals surface area contributed by atoms with Crippen LogP contribution >= 0.6 is 0 Å². The van der Waals surface area contributed by atoms with Crippen LogP contribution in [0.2, 0.25) is 0 Å². The van der Waals surface area contributed by atoms with Crippen molar-refractivity contribution in [2.75, 3.05) is 23.7 Å². The third kappa shape index (κ3) is 2.74. The van der Waals surface area contributed by atoms with Crippen molar-refractivity contribution < 1.29 is 13.3 Å². The Hall–Kier alpha value is -2.22. The van der Waals surface area contributed by atoms with Crippen LogP contribution in [0.15, 0.2) is 30.5 Å². The third-order valence-corrected chi connectivity index (χ3v) is 8.07. The van der Waals surface area contributed by atoms with Gasteiger partial charge in [0.15, 0.2) is 9.84 Å². The van der Waals surface area contributed by atoms with E-state index >= 15 is 0 Å². The lowest BCUT2D eigenvalue weighted by atomic mass is 10.00. The van der Waals surface area contributed by atoms with Crippen LogP contribution in [0, 0.1) is 10.1 Å². The van der Waals surface area contributed by atoms with Gasteiger partial charge < -0.3 is 4.90 Å². The molecule has 1 aliphatic heterocycles. The fourth-order valence-corrected chi connectivity index (χ4v) is 5.77. The summed E-state index contributed by atoms with van der Waals surface area (Å²) in [5.74, 6) is 0.0833. The lowest BCUT2D eigenvalue weighted by molar-refractivity contribution is -0.383. The highest BCUT2D eigenvalue weighted by atomic mass is 32.2. The molecule has 0 aliphatic carbocycles. The first-order valence-corrected chi connectivity index (χ1v) is 10.00. The number of nitro benzene ring substituents is 1. The lowest BCUT2D eigenvalue weighted by Crippen LogP contribution is -2.56. The van der Waals surface area contributed by atoms with Gasteiger partial charge in [-0.3, -0.25) is 15.1 Å². The van der Waals surface area contributed by atoms with Crippen molar-refractivity contribution in [3.8, 4) is 0 Å². The van der Waals surface area contributed by atoms with Crippen molar-refractivity contribution in [2.45, 2.75) is 31.4 Å². The van der Waals surface area contributed by atoms with Crippen molar-refractivity contribution in [1.82, 2.24) is 4.98 Å². The van der Waals surface area contributed by atoms with Gasteiger partial charge in [0.2, 0.25) is 0 Å². The Balaban J connectivity index is 2.12. The molecule has 3 rings (SSSR count). The van der Waals surface area contributed by atoms with Gasteiger partial charge in [-0.15, -0.1) is 0 Å². The summed E-state index contributed by atoms with van der Waals surface area (Å²) >= 11 is 0. The van der Waals surface area contributed by atoms with Crippen molar-refractivity contribution in [2.24, 2.45) is 0 Å². The molecule has 7 nitrogen and oxygen atoms in total. The molecule has 0 amide bonds. The smallest absolute Gasteiger partial charge is 0.278 e. The Bertz CT molecular complexity index is 923. The summed E-state index contributed by atoms with van der Waals surface area (Å²) in [6, 6.07) is 6.50. The Morgan fingerprint density at radius 3 is 2.64 bits per heavy atom. The second-order valence-corrected chi connectivity index (χ2v) is 8.89. The number of anilines is 1. The maximum absolute atomic E-state index is 12.6. The van der Waals surface area contributed by atoms with Crippen molar-refractivity contribution in [3.63, 3.8) is 0 Å². The van der Waals surface area contributed by atoms with E-state index in [1.54, 1.807) is 24.4 Å². The van der Waals surface area contributed by atoms with Crippen molar-refractivity contribution in [1.29, 1.82) is 0 Å². The van der Waals surface area contributed by atoms with Gasteiger partial charge in [-0.05, 0) is 31.0 Å². The molecule has 134 valence electrons. The molecule has 0 bridgehead atoms. The quantitative estimate of drug-likeness (QED) is 0.612. The standard InChI is InChI=1S/C17H21N3O4S/c1-3-17(4-2)12-19(10-11-25(17,23)24)15-8-7-14(20(21)22)13-6-5-9-18-16(13)15/h5-9H,3-4,10-12H2,1-2H3. The SMILES string of the molecule is CCC1(CC)CN(c2ccc([N+](=O)[O-])c3cccnc23)CCS1(=O)=O. The number of nitro groups is 1. The van der Waals surface area contributed by atoms with E-state index in [-0.39, 0.29) is 11.4 Å². The Morgan fingerprint density at radius 1 is 1.28 bits per heavy atom. The number of sulfone groups is 1. The molecule has 0 spiro atoms. The summed E-state index contributed by atoms with van der Waals surface area (Å²) in [5, 5.41) is 11.7. The molecule has 0 unspecified atom stereocenters. The molecule has 1 aliphatic rings. The topological polar surface area (TPSA) is 93.4 Å². The van der Waals surface area contributed by atoms with E-state index in [1.165, 1.54) is 6.07 Å². The number of pyridine rings is 1. The summed E-state index contributed by atoms with van der Waals surface area (Å²) < 4.78 is 24.5. The largest absolute Gasteiger partial charge is 0.367 e. The predicted octanol–water partition coefficient (Wildman–Crippen LogP) is 2.94. The third-order valence-electron chi connectivity index (χ3n) is 5.32. The van der Waals surface area contributed by atoms with Crippen molar-refractivity contribution in [3.05, 3.63) is 40.6 Å². The van der Waals surface area contributed by atoms with Crippen LogP contribution in [-0.4, -0.2) is 41.9 Å². The first kappa shape index (κ1) is 17.6. The minimum absolute atomic E-state index is 0.00808. The van der Waals surface area contributed by atoms with Crippen LogP contribution in [0.3, 0.4) is 0 Å². The minimum atomic E-state index is -3.17. The van der Waals surface area contributed by atoms with Gasteiger partial charge in [-0.25, -0.2) is 8.42 Å². The molecule has 0 saturated carbocycles. The number of benzene rings is 1. The zero-order valence-corrected chi connectivity index (χ0v) is 15.1. The maximum Gasteiger partial charge on any atom is 0.278 e. The number of non-ortho nitro benzene ring substituents is 1. The molecule has 1 aromatic heterocycles. The second-order valence-electron chi connectivity index (χ2n) is 6.39. The minimum Gasteiger partial charge on any atom is -0.367 e. The van der Waals surface area contributed by atoms with Crippen LogP contribution < -0.4 is 4.90 Å². The fraction of sp³-hybridized carbons (Fsp3) is 0.471. The molecule has 8 heteroatoms. The summed E-state index contributed by atoms with van der Waals surface area (Å²) in [5.41, 5.74) is 1.30. The van der Waals surface area contributed by atoms with Gasteiger partial charge >= 0.3 is 0 Å². The monoisotopic (exact) mass is 363 g/mol. The van der Waals surface area contributed by atoms with Gasteiger partial charge in [0.05, 0.1) is 26.5 Å². The van der Waals surface area contributed by atoms with E-state index < -0.39 is 19.5 Å². The van der Waals surface area contributed by atoms with Gasteiger partial charge in [0, 0.05) is 25.4 Å². The zero-order valence-electron chi connectivity index (χ0n) is 14.3. The molecule has 2 aromatic rings. The van der Waals surface area contributed by atoms with E-state index in [9.17, 15) is 18.5 Å². The van der Waals surface area contributed by atoms with Gasteiger partial charge in [0.25, 0.3) is 5.69 Å². The number of fused-ring (bicyclic) bond motifs is 1. The summed E-state index contributed by atoms with van der Waals surface area (Å²) in [4.78, 5) is 17.2. The summed E-state index contributed by atoms with van der Waals surface area (Å²) in [6.45, 7) is 4.55. The average Bonchev–Trinajstić information content (AvgIpc) is 2.61. The highest BCUT2D eigenvalue weighted by Crippen LogP contribution is 2.37. The zero-order chi connectivity index (χ0) is 18.2. The normalized spacial score (nSPS) is 19.0. The number of rotatable bonds is 4. The first-order chi connectivity index (χ1) is 11.8. The molecule has 25 heavy (non-hydrogen) atoms. The predicted molar refractivity (Wildman–Crippen MR) is 97.7 cm³/mol. The van der Waals surface area contributed by atoms with E-state index in [4.69, 9.17) is 0 Å². The van der Waals surface area contributed by atoms with Crippen molar-refractivity contribution >= 4 is 32.1 Å². The first-order valence-electron chi connectivity index (χ1n) is 8.34. The number of nitrogens with zero attached hydrogens (tertiary/aromatic N) is 3. The molecule has 0 radical (unpaired) electrons. The number of hydrogen-bond acceptors (Lipinski definition) is 6. The highest BCUT2D eigenvalue weighted by molar-refractivity contribution is 7.92. The van der Waals surface area contributed by atoms with Crippen LogP contribution in [0.1, 0.15) is 26.7 Å². The van der Waals surface area contributed by atoms with Crippen LogP contribution in [0.5, 0.6) is 0 Å². The molecular formula is C17H21N3O4S. The van der Waals surface area contributed by atoms with Crippen LogP contribution in [0.4, 0.5) is 11.4 Å². The van der Waals surface area contributed by atoms with Gasteiger partial charge in [0.1, 0.15) is 5.52 Å². The molecule has 1 aromatic carbocycles. The Kier molecular flexibility index (Phi) is 4.40. The molecule has 1 fully saturated rings. The molecule has 2 heterocycles. The van der Waals surface area contributed by atoms with E-state index in [0.717, 1.165) is 5.69 Å². The fourth-order valence-electron chi connectivity index (χ4n) is 3.65. The summed E-state index contributed by atoms with van der Waals surface area (Å²) in [6.07, 6.45) is 2.69. The van der Waals surface area contributed by atoms with E-state index in [1.807, 2.05) is 18.7 Å².